The second-order valence-corrected chi connectivity index (χ2v) is 9.26. The van der Waals surface area contributed by atoms with Gasteiger partial charge in [0.25, 0.3) is 0 Å². The maximum Gasteiger partial charge on any atom is 0.227 e. The van der Waals surface area contributed by atoms with Gasteiger partial charge >= 0.3 is 0 Å². The molecule has 202 valence electrons. The second kappa shape index (κ2) is 24.4. The van der Waals surface area contributed by atoms with E-state index in [9.17, 15) is 4.79 Å². The molecule has 0 saturated carbocycles. The topological polar surface area (TPSA) is 109 Å². The summed E-state index contributed by atoms with van der Waals surface area (Å²) in [6, 6.07) is 1.69. The molecule has 0 radical (unpaired) electrons. The van der Waals surface area contributed by atoms with E-state index in [-0.39, 0.29) is 5.92 Å². The van der Waals surface area contributed by atoms with Crippen molar-refractivity contribution < 1.29 is 15.0 Å². The van der Waals surface area contributed by atoms with Gasteiger partial charge in [0.05, 0.1) is 19.2 Å². The maximum absolute atomic E-state index is 10.4. The van der Waals surface area contributed by atoms with E-state index in [4.69, 9.17) is 28.6 Å². The Hall–Kier alpha value is -2.32. The highest BCUT2D eigenvalue weighted by molar-refractivity contribution is 5.53. The molecule has 3 saturated heterocycles. The first kappa shape index (κ1) is 33.7. The minimum absolute atomic E-state index is 0.272. The normalized spacial score (nSPS) is 19.3. The van der Waals surface area contributed by atoms with E-state index >= 15 is 0 Å². The fourth-order valence-corrected chi connectivity index (χ4v) is 4.15. The lowest BCUT2D eigenvalue weighted by atomic mass is 9.98. The molecular weight excluding hydrogens is 456 g/mol. The summed E-state index contributed by atoms with van der Waals surface area (Å²) in [5.41, 5.74) is 0. The molecule has 9 nitrogen and oxygen atoms in total. The molecule has 3 aliphatic heterocycles. The van der Waals surface area contributed by atoms with Crippen molar-refractivity contribution in [3.63, 3.8) is 0 Å². The summed E-state index contributed by atoms with van der Waals surface area (Å²) in [4.78, 5) is 21.6. The zero-order valence-corrected chi connectivity index (χ0v) is 21.9. The lowest BCUT2D eigenvalue weighted by Gasteiger charge is -2.29. The van der Waals surface area contributed by atoms with Gasteiger partial charge in [-0.25, -0.2) is 13.1 Å². The van der Waals surface area contributed by atoms with E-state index in [1.165, 1.54) is 6.08 Å². The van der Waals surface area contributed by atoms with Gasteiger partial charge in [0.2, 0.25) is 13.1 Å². The van der Waals surface area contributed by atoms with Gasteiger partial charge in [-0.1, -0.05) is 6.58 Å². The number of carbonyl (C=O) groups is 1. The number of hydrogen-bond donors (Lipinski definition) is 3. The predicted molar refractivity (Wildman–Crippen MR) is 143 cm³/mol. The molecule has 0 bridgehead atoms. The van der Waals surface area contributed by atoms with Crippen molar-refractivity contribution in [2.75, 3.05) is 78.7 Å². The van der Waals surface area contributed by atoms with E-state index < -0.39 is 0 Å². The Balaban J connectivity index is 0.000000483. The van der Waals surface area contributed by atoms with Gasteiger partial charge in [-0.05, 0) is 89.6 Å². The molecule has 0 aliphatic carbocycles. The number of carbonyl (C=O) groups excluding carboxylic acids is 1. The minimum atomic E-state index is 0.272. The Morgan fingerprint density at radius 2 is 1.31 bits per heavy atom. The van der Waals surface area contributed by atoms with Crippen LogP contribution in [-0.2, 0) is 4.79 Å². The Bertz CT molecular complexity index is 662. The van der Waals surface area contributed by atoms with Crippen LogP contribution in [0.1, 0.15) is 38.5 Å². The van der Waals surface area contributed by atoms with Crippen molar-refractivity contribution >= 4 is 6.29 Å². The summed E-state index contributed by atoms with van der Waals surface area (Å²) in [6.45, 7) is 26.4. The Kier molecular flexibility index (Phi) is 22.8. The van der Waals surface area contributed by atoms with Crippen molar-refractivity contribution in [3.05, 3.63) is 35.5 Å². The van der Waals surface area contributed by atoms with Crippen LogP contribution in [0.15, 0.2) is 12.7 Å². The Morgan fingerprint density at radius 1 is 0.889 bits per heavy atom. The summed E-state index contributed by atoms with van der Waals surface area (Å²) in [6.07, 6.45) is 8.67. The van der Waals surface area contributed by atoms with Crippen LogP contribution in [0.3, 0.4) is 0 Å². The number of likely N-dealkylation sites (tertiary alicyclic amines) is 2. The van der Waals surface area contributed by atoms with Crippen LogP contribution in [0.4, 0.5) is 0 Å². The number of allylic oxidation sites excluding steroid dienone is 1. The highest BCUT2D eigenvalue weighted by Gasteiger charge is 2.19. The van der Waals surface area contributed by atoms with E-state index in [2.05, 4.69) is 31.4 Å². The van der Waals surface area contributed by atoms with Crippen LogP contribution < -0.4 is 5.32 Å². The zero-order valence-electron chi connectivity index (χ0n) is 21.9. The highest BCUT2D eigenvalue weighted by atomic mass is 16.3. The lowest BCUT2D eigenvalue weighted by molar-refractivity contribution is -0.112. The third-order valence-corrected chi connectivity index (χ3v) is 6.65. The Labute approximate surface area is 218 Å². The van der Waals surface area contributed by atoms with Crippen molar-refractivity contribution in [1.82, 2.24) is 15.1 Å². The maximum atomic E-state index is 10.4. The van der Waals surface area contributed by atoms with Crippen LogP contribution in [0.2, 0.25) is 0 Å². The average molecular weight is 503 g/mol. The molecule has 0 aromatic carbocycles. The van der Waals surface area contributed by atoms with E-state index in [0.717, 1.165) is 97.2 Å². The standard InChI is InChI=1S/C9H16N2O.C9H14N2O.C6H13NO.C3H3N/c2*1-10-4-7-11-5-2-9(8-12)3-6-11;8-5-6-1-3-7-4-2-6;1-2-3-4/h9,12H,2-8H2;8-9H,2-7H2;6-8H,1-5H2;2H,1H2. The molecule has 0 unspecified atom stereocenters. The number of aliphatic hydroxyl groups is 2. The van der Waals surface area contributed by atoms with Crippen molar-refractivity contribution in [3.8, 4) is 6.07 Å². The number of piperidine rings is 3. The molecule has 3 fully saturated rings. The molecule has 0 spiro atoms. The molecule has 0 amide bonds. The number of nitrogens with one attached hydrogen (secondary N) is 1. The first-order valence-electron chi connectivity index (χ1n) is 13.1. The first-order chi connectivity index (χ1) is 17.6. The molecule has 36 heavy (non-hydrogen) atoms. The van der Waals surface area contributed by atoms with Crippen LogP contribution >= 0.6 is 0 Å². The fourth-order valence-electron chi connectivity index (χ4n) is 4.15. The number of nitriles is 1. The fraction of sp³-hybridized carbons (Fsp3) is 0.778. The molecule has 3 aliphatic rings. The van der Waals surface area contributed by atoms with Crippen molar-refractivity contribution in [1.29, 1.82) is 5.26 Å². The average Bonchev–Trinajstić information content (AvgIpc) is 2.96. The molecule has 3 heterocycles. The Morgan fingerprint density at radius 3 is 1.64 bits per heavy atom. The van der Waals surface area contributed by atoms with Gasteiger partial charge in [-0.2, -0.15) is 5.26 Å². The van der Waals surface area contributed by atoms with Gasteiger partial charge < -0.3 is 30.0 Å². The summed E-state index contributed by atoms with van der Waals surface area (Å²) in [5, 5.41) is 28.3. The number of hydrogen-bond acceptors (Lipinski definition) is 7. The number of rotatable bonds is 7. The summed E-state index contributed by atoms with van der Waals surface area (Å²) in [5.74, 6) is 1.36. The number of aliphatic hydroxyl groups excluding tert-OH is 2. The molecule has 3 N–H and O–H groups in total. The van der Waals surface area contributed by atoms with Crippen molar-refractivity contribution in [2.45, 2.75) is 38.5 Å². The number of aldehydes is 1. The smallest absolute Gasteiger partial charge is 0.227 e. The van der Waals surface area contributed by atoms with E-state index in [1.54, 1.807) is 6.07 Å². The van der Waals surface area contributed by atoms with Gasteiger partial charge in [0.1, 0.15) is 6.29 Å². The first-order valence-corrected chi connectivity index (χ1v) is 13.1. The van der Waals surface area contributed by atoms with Gasteiger partial charge in [0, 0.05) is 25.2 Å². The van der Waals surface area contributed by atoms with Crippen LogP contribution in [0.5, 0.6) is 0 Å². The summed E-state index contributed by atoms with van der Waals surface area (Å²) in [7, 11) is 0. The highest BCUT2D eigenvalue weighted by Crippen LogP contribution is 2.16. The molecule has 9 heteroatoms. The second-order valence-electron chi connectivity index (χ2n) is 9.26. The monoisotopic (exact) mass is 502 g/mol. The third-order valence-electron chi connectivity index (χ3n) is 6.65. The van der Waals surface area contributed by atoms with E-state index in [1.807, 2.05) is 0 Å². The van der Waals surface area contributed by atoms with Crippen molar-refractivity contribution in [2.24, 2.45) is 17.8 Å². The largest absolute Gasteiger partial charge is 0.396 e. The quantitative estimate of drug-likeness (QED) is 0.278. The predicted octanol–water partition coefficient (Wildman–Crippen LogP) is 2.10. The summed E-state index contributed by atoms with van der Waals surface area (Å²) < 4.78 is 0. The SMILES string of the molecule is C=CC#N.OCC1CCNCC1.[C-]#[N+]CCN1CCC(C=O)CC1.[C-]#[N+]CCN1CCC(CO)CC1. The molecular formula is C27H46N6O3. The van der Waals surface area contributed by atoms with Crippen LogP contribution in [0.25, 0.3) is 9.69 Å². The number of nitrogens with zero attached hydrogens (tertiary/aromatic N) is 5. The molecule has 0 aromatic rings. The summed E-state index contributed by atoms with van der Waals surface area (Å²) >= 11 is 0. The van der Waals surface area contributed by atoms with Crippen LogP contribution in [-0.4, -0.2) is 105 Å². The van der Waals surface area contributed by atoms with Gasteiger partial charge in [-0.3, -0.25) is 9.80 Å². The van der Waals surface area contributed by atoms with Gasteiger partial charge in [0.15, 0.2) is 0 Å². The van der Waals surface area contributed by atoms with E-state index in [0.29, 0.717) is 38.1 Å². The third kappa shape index (κ3) is 18.0. The van der Waals surface area contributed by atoms with Crippen LogP contribution in [0, 0.1) is 42.2 Å². The van der Waals surface area contributed by atoms with Gasteiger partial charge in [-0.15, -0.1) is 0 Å². The lowest BCUT2D eigenvalue weighted by Crippen LogP contribution is -2.36. The molecule has 3 rings (SSSR count). The molecule has 0 atom stereocenters. The minimum Gasteiger partial charge on any atom is -0.396 e. The molecule has 0 aromatic heterocycles. The zero-order chi connectivity index (χ0) is 26.9.